The van der Waals surface area contributed by atoms with E-state index in [1.165, 1.54) is 11.3 Å². The van der Waals surface area contributed by atoms with E-state index in [9.17, 15) is 18.3 Å². The molecule has 1 heterocycles. The first-order valence-corrected chi connectivity index (χ1v) is 6.56. The van der Waals surface area contributed by atoms with E-state index >= 15 is 0 Å². The molecule has 1 aromatic heterocycles. The number of thiophene rings is 1. The SMILES string of the molecule is OCC(NCc1ccsc1)c1cc(F)c(F)c(F)c1. The van der Waals surface area contributed by atoms with Gasteiger partial charge in [0.05, 0.1) is 12.6 Å². The van der Waals surface area contributed by atoms with Crippen molar-refractivity contribution in [1.29, 1.82) is 0 Å². The standard InChI is InChI=1S/C13H12F3NOS/c14-10-3-9(4-11(15)13(10)16)12(6-18)17-5-8-1-2-19-7-8/h1-4,7,12,17-18H,5-6H2. The molecule has 1 unspecified atom stereocenters. The lowest BCUT2D eigenvalue weighted by Gasteiger charge is -2.16. The predicted octanol–water partition coefficient (Wildman–Crippen LogP) is 2.99. The van der Waals surface area contributed by atoms with E-state index in [2.05, 4.69) is 5.32 Å². The molecule has 2 aromatic rings. The van der Waals surface area contributed by atoms with Gasteiger partial charge in [-0.15, -0.1) is 0 Å². The monoisotopic (exact) mass is 287 g/mol. The Hall–Kier alpha value is -1.37. The first-order chi connectivity index (χ1) is 9.11. The van der Waals surface area contributed by atoms with E-state index in [1.807, 2.05) is 16.8 Å². The summed E-state index contributed by atoms with van der Waals surface area (Å²) in [6.07, 6.45) is 0. The van der Waals surface area contributed by atoms with Crippen molar-refractivity contribution in [2.45, 2.75) is 12.6 Å². The van der Waals surface area contributed by atoms with Gasteiger partial charge in [-0.05, 0) is 40.1 Å². The van der Waals surface area contributed by atoms with Gasteiger partial charge in [0.2, 0.25) is 0 Å². The molecule has 0 radical (unpaired) electrons. The maximum absolute atomic E-state index is 13.1. The van der Waals surface area contributed by atoms with Crippen molar-refractivity contribution in [1.82, 2.24) is 5.32 Å². The third-order valence-electron chi connectivity index (χ3n) is 2.72. The first-order valence-electron chi connectivity index (χ1n) is 5.61. The van der Waals surface area contributed by atoms with Crippen molar-refractivity contribution < 1.29 is 18.3 Å². The minimum atomic E-state index is -1.50. The Morgan fingerprint density at radius 2 is 1.89 bits per heavy atom. The zero-order valence-corrected chi connectivity index (χ0v) is 10.7. The van der Waals surface area contributed by atoms with Crippen LogP contribution >= 0.6 is 11.3 Å². The molecule has 0 fully saturated rings. The fraction of sp³-hybridized carbons (Fsp3) is 0.231. The molecule has 0 aliphatic carbocycles. The smallest absolute Gasteiger partial charge is 0.194 e. The van der Waals surface area contributed by atoms with Crippen LogP contribution in [0, 0.1) is 17.5 Å². The van der Waals surface area contributed by atoms with Crippen LogP contribution in [0.4, 0.5) is 13.2 Å². The predicted molar refractivity (Wildman–Crippen MR) is 67.3 cm³/mol. The molecule has 2 nitrogen and oxygen atoms in total. The summed E-state index contributed by atoms with van der Waals surface area (Å²) in [5.74, 6) is -4.02. The zero-order chi connectivity index (χ0) is 13.8. The van der Waals surface area contributed by atoms with Gasteiger partial charge in [0.1, 0.15) is 0 Å². The second-order valence-corrected chi connectivity index (χ2v) is 4.83. The maximum Gasteiger partial charge on any atom is 0.194 e. The quantitative estimate of drug-likeness (QED) is 0.829. The Morgan fingerprint density at radius 3 is 2.42 bits per heavy atom. The van der Waals surface area contributed by atoms with Gasteiger partial charge in [0.15, 0.2) is 17.5 Å². The molecule has 2 N–H and O–H groups in total. The minimum absolute atomic E-state index is 0.175. The highest BCUT2D eigenvalue weighted by molar-refractivity contribution is 7.07. The highest BCUT2D eigenvalue weighted by Gasteiger charge is 2.16. The third-order valence-corrected chi connectivity index (χ3v) is 3.46. The Balaban J connectivity index is 2.13. The van der Waals surface area contributed by atoms with E-state index < -0.39 is 23.5 Å². The summed E-state index contributed by atoms with van der Waals surface area (Å²) in [6, 6.07) is 3.03. The molecule has 19 heavy (non-hydrogen) atoms. The summed E-state index contributed by atoms with van der Waals surface area (Å²) < 4.78 is 39.1. The van der Waals surface area contributed by atoms with E-state index in [0.29, 0.717) is 6.54 Å². The van der Waals surface area contributed by atoms with E-state index in [4.69, 9.17) is 0 Å². The van der Waals surface area contributed by atoms with Gasteiger partial charge in [-0.25, -0.2) is 13.2 Å². The molecule has 6 heteroatoms. The number of aliphatic hydroxyl groups excluding tert-OH is 1. The van der Waals surface area contributed by atoms with Crippen molar-refractivity contribution in [3.8, 4) is 0 Å². The molecule has 0 aliphatic heterocycles. The Morgan fingerprint density at radius 1 is 1.21 bits per heavy atom. The van der Waals surface area contributed by atoms with Crippen molar-refractivity contribution in [3.63, 3.8) is 0 Å². The van der Waals surface area contributed by atoms with Gasteiger partial charge in [-0.2, -0.15) is 11.3 Å². The first kappa shape index (κ1) is 14.0. The largest absolute Gasteiger partial charge is 0.394 e. The number of hydrogen-bond donors (Lipinski definition) is 2. The molecule has 2 rings (SSSR count). The zero-order valence-electron chi connectivity index (χ0n) is 9.87. The second kappa shape index (κ2) is 6.18. The van der Waals surface area contributed by atoms with E-state index in [1.54, 1.807) is 0 Å². The molecule has 0 saturated heterocycles. The van der Waals surface area contributed by atoms with Gasteiger partial charge >= 0.3 is 0 Å². The van der Waals surface area contributed by atoms with Gasteiger partial charge in [-0.1, -0.05) is 0 Å². The lowest BCUT2D eigenvalue weighted by atomic mass is 10.1. The average molecular weight is 287 g/mol. The summed E-state index contributed by atoms with van der Waals surface area (Å²) in [5, 5.41) is 16.1. The fourth-order valence-electron chi connectivity index (χ4n) is 1.70. The lowest BCUT2D eigenvalue weighted by Crippen LogP contribution is -2.24. The third kappa shape index (κ3) is 3.34. The normalized spacial score (nSPS) is 12.6. The average Bonchev–Trinajstić information content (AvgIpc) is 2.89. The van der Waals surface area contributed by atoms with Crippen LogP contribution in [0.1, 0.15) is 17.2 Å². The van der Waals surface area contributed by atoms with Crippen molar-refractivity contribution >= 4 is 11.3 Å². The Bertz CT molecular complexity index is 522. The summed E-state index contributed by atoms with van der Waals surface area (Å²) in [5.41, 5.74) is 1.18. The molecule has 0 spiro atoms. The van der Waals surface area contributed by atoms with Crippen LogP contribution in [-0.4, -0.2) is 11.7 Å². The summed E-state index contributed by atoms with van der Waals surface area (Å²) in [7, 11) is 0. The minimum Gasteiger partial charge on any atom is -0.394 e. The molecule has 0 bridgehead atoms. The molecule has 1 atom stereocenters. The highest BCUT2D eigenvalue weighted by Crippen LogP contribution is 2.20. The summed E-state index contributed by atoms with van der Waals surface area (Å²) in [4.78, 5) is 0. The summed E-state index contributed by atoms with van der Waals surface area (Å²) >= 11 is 1.53. The van der Waals surface area contributed by atoms with Gasteiger partial charge in [-0.3, -0.25) is 0 Å². The van der Waals surface area contributed by atoms with Crippen LogP contribution in [0.2, 0.25) is 0 Å². The Labute approximate surface area is 112 Å². The van der Waals surface area contributed by atoms with Crippen molar-refractivity contribution in [3.05, 3.63) is 57.5 Å². The van der Waals surface area contributed by atoms with Crippen LogP contribution in [0.15, 0.2) is 29.0 Å². The number of benzene rings is 1. The number of nitrogens with one attached hydrogen (secondary N) is 1. The van der Waals surface area contributed by atoms with Crippen LogP contribution < -0.4 is 5.32 Å². The molecular formula is C13H12F3NOS. The number of aliphatic hydroxyl groups is 1. The maximum atomic E-state index is 13.1. The lowest BCUT2D eigenvalue weighted by molar-refractivity contribution is 0.243. The van der Waals surface area contributed by atoms with Crippen LogP contribution in [0.3, 0.4) is 0 Å². The van der Waals surface area contributed by atoms with Gasteiger partial charge in [0, 0.05) is 6.54 Å². The second-order valence-electron chi connectivity index (χ2n) is 4.05. The van der Waals surface area contributed by atoms with Crippen LogP contribution in [0.25, 0.3) is 0 Å². The molecule has 0 aliphatic rings. The van der Waals surface area contributed by atoms with Gasteiger partial charge in [0.25, 0.3) is 0 Å². The Kier molecular flexibility index (Phi) is 4.57. The highest BCUT2D eigenvalue weighted by atomic mass is 32.1. The molecule has 1 aromatic carbocycles. The molecule has 0 saturated carbocycles. The van der Waals surface area contributed by atoms with E-state index in [0.717, 1.165) is 17.7 Å². The fourth-order valence-corrected chi connectivity index (χ4v) is 2.37. The van der Waals surface area contributed by atoms with Crippen molar-refractivity contribution in [2.24, 2.45) is 0 Å². The molecule has 0 amide bonds. The van der Waals surface area contributed by atoms with Crippen molar-refractivity contribution in [2.75, 3.05) is 6.61 Å². The number of halogens is 3. The topological polar surface area (TPSA) is 32.3 Å². The van der Waals surface area contributed by atoms with Crippen LogP contribution in [0.5, 0.6) is 0 Å². The van der Waals surface area contributed by atoms with E-state index in [-0.39, 0.29) is 12.2 Å². The molecule has 102 valence electrons. The molecular weight excluding hydrogens is 275 g/mol. The number of rotatable bonds is 5. The number of hydrogen-bond acceptors (Lipinski definition) is 3. The summed E-state index contributed by atoms with van der Waals surface area (Å²) in [6.45, 7) is 0.115. The van der Waals surface area contributed by atoms with Crippen LogP contribution in [-0.2, 0) is 6.54 Å². The van der Waals surface area contributed by atoms with Gasteiger partial charge < -0.3 is 10.4 Å².